The van der Waals surface area contributed by atoms with E-state index in [9.17, 15) is 4.79 Å². The number of carboxylic acids is 1. The summed E-state index contributed by atoms with van der Waals surface area (Å²) in [5.74, 6) is 0.603. The monoisotopic (exact) mass is 352 g/mol. The SMILES string of the molecule is COCCCOc1cc(CCCCCCC(C)C(=O)O)ccc1OC. The summed E-state index contributed by atoms with van der Waals surface area (Å²) >= 11 is 0. The van der Waals surface area contributed by atoms with Crippen molar-refractivity contribution >= 4 is 5.97 Å². The summed E-state index contributed by atoms with van der Waals surface area (Å²) in [7, 11) is 3.33. The van der Waals surface area contributed by atoms with Gasteiger partial charge in [-0.15, -0.1) is 0 Å². The molecule has 142 valence electrons. The van der Waals surface area contributed by atoms with Crippen LogP contribution in [0, 0.1) is 5.92 Å². The molecule has 1 rings (SSSR count). The smallest absolute Gasteiger partial charge is 0.306 e. The Kier molecular flexibility index (Phi) is 10.7. The molecule has 0 aromatic heterocycles. The minimum atomic E-state index is -0.698. The number of aliphatic carboxylic acids is 1. The molecule has 0 spiro atoms. The molecule has 0 amide bonds. The highest BCUT2D eigenvalue weighted by molar-refractivity contribution is 5.69. The average molecular weight is 352 g/mol. The van der Waals surface area contributed by atoms with Crippen LogP contribution in [-0.4, -0.2) is 38.5 Å². The van der Waals surface area contributed by atoms with E-state index < -0.39 is 5.97 Å². The van der Waals surface area contributed by atoms with E-state index >= 15 is 0 Å². The standard InChI is InChI=1S/C20H32O5/c1-16(20(21)22)9-6-4-5-7-10-17-11-12-18(24-3)19(15-17)25-14-8-13-23-2/h11-12,15-16H,4-10,13-14H2,1-3H3,(H,21,22). The third kappa shape index (κ3) is 8.77. The lowest BCUT2D eigenvalue weighted by Gasteiger charge is -2.12. The van der Waals surface area contributed by atoms with Crippen LogP contribution in [0.2, 0.25) is 0 Å². The third-order valence-electron chi connectivity index (χ3n) is 4.25. The van der Waals surface area contributed by atoms with E-state index in [1.807, 2.05) is 6.07 Å². The van der Waals surface area contributed by atoms with E-state index in [2.05, 4.69) is 12.1 Å². The third-order valence-corrected chi connectivity index (χ3v) is 4.25. The van der Waals surface area contributed by atoms with E-state index in [0.717, 1.165) is 56.4 Å². The van der Waals surface area contributed by atoms with Gasteiger partial charge in [0.1, 0.15) is 0 Å². The Labute approximate surface area is 151 Å². The average Bonchev–Trinajstić information content (AvgIpc) is 2.61. The highest BCUT2D eigenvalue weighted by Crippen LogP contribution is 2.29. The second kappa shape index (κ2) is 12.6. The van der Waals surface area contributed by atoms with Crippen molar-refractivity contribution < 1.29 is 24.1 Å². The maximum atomic E-state index is 10.8. The van der Waals surface area contributed by atoms with Gasteiger partial charge in [-0.25, -0.2) is 0 Å². The molecule has 0 radical (unpaired) electrons. The first-order chi connectivity index (χ1) is 12.1. The Morgan fingerprint density at radius 1 is 1.04 bits per heavy atom. The van der Waals surface area contributed by atoms with E-state index in [4.69, 9.17) is 19.3 Å². The van der Waals surface area contributed by atoms with Crippen LogP contribution in [0.1, 0.15) is 51.0 Å². The van der Waals surface area contributed by atoms with Crippen LogP contribution in [-0.2, 0) is 16.0 Å². The van der Waals surface area contributed by atoms with Gasteiger partial charge in [0.05, 0.1) is 19.6 Å². The first-order valence-electron chi connectivity index (χ1n) is 9.10. The molecule has 0 fully saturated rings. The van der Waals surface area contributed by atoms with Crippen molar-refractivity contribution in [2.45, 2.75) is 51.9 Å². The molecular weight excluding hydrogens is 320 g/mol. The van der Waals surface area contributed by atoms with Crippen molar-refractivity contribution in [1.82, 2.24) is 0 Å². The van der Waals surface area contributed by atoms with Gasteiger partial charge in [-0.3, -0.25) is 4.79 Å². The lowest BCUT2D eigenvalue weighted by Crippen LogP contribution is -2.08. The zero-order valence-corrected chi connectivity index (χ0v) is 15.8. The molecule has 1 aromatic carbocycles. The molecule has 1 N–H and O–H groups in total. The van der Waals surface area contributed by atoms with Crippen molar-refractivity contribution in [3.63, 3.8) is 0 Å². The van der Waals surface area contributed by atoms with Gasteiger partial charge in [-0.05, 0) is 37.0 Å². The van der Waals surface area contributed by atoms with Crippen molar-refractivity contribution in [2.75, 3.05) is 27.4 Å². The maximum absolute atomic E-state index is 10.8. The van der Waals surface area contributed by atoms with Crippen LogP contribution in [0.4, 0.5) is 0 Å². The van der Waals surface area contributed by atoms with Gasteiger partial charge in [0, 0.05) is 20.1 Å². The molecule has 5 nitrogen and oxygen atoms in total. The number of carboxylic acid groups (broad SMARTS) is 1. The number of ether oxygens (including phenoxy) is 3. The Balaban J connectivity index is 2.34. The summed E-state index contributed by atoms with van der Waals surface area (Å²) in [6.07, 6.45) is 6.86. The van der Waals surface area contributed by atoms with Crippen LogP contribution < -0.4 is 9.47 Å². The van der Waals surface area contributed by atoms with Crippen LogP contribution in [0.3, 0.4) is 0 Å². The first kappa shape index (κ1) is 21.3. The highest BCUT2D eigenvalue weighted by atomic mass is 16.5. The number of carbonyl (C=O) groups is 1. The number of hydrogen-bond acceptors (Lipinski definition) is 4. The fraction of sp³-hybridized carbons (Fsp3) is 0.650. The molecule has 1 atom stereocenters. The second-order valence-corrected chi connectivity index (χ2v) is 6.37. The Morgan fingerprint density at radius 2 is 1.80 bits per heavy atom. The summed E-state index contributed by atoms with van der Waals surface area (Å²) in [6, 6.07) is 6.08. The molecule has 0 aliphatic rings. The summed E-state index contributed by atoms with van der Waals surface area (Å²) in [5, 5.41) is 8.86. The lowest BCUT2D eigenvalue weighted by atomic mass is 10.0. The Hall–Kier alpha value is -1.75. The van der Waals surface area contributed by atoms with Gasteiger partial charge in [0.15, 0.2) is 11.5 Å². The molecule has 0 aliphatic heterocycles. The molecule has 0 aliphatic carbocycles. The number of aryl methyl sites for hydroxylation is 1. The van der Waals surface area contributed by atoms with Crippen LogP contribution in [0.25, 0.3) is 0 Å². The summed E-state index contributed by atoms with van der Waals surface area (Å²) in [5.41, 5.74) is 1.24. The van der Waals surface area contributed by atoms with Gasteiger partial charge < -0.3 is 19.3 Å². The fourth-order valence-corrected chi connectivity index (χ4v) is 2.63. The molecule has 25 heavy (non-hydrogen) atoms. The molecule has 0 heterocycles. The van der Waals surface area contributed by atoms with E-state index in [-0.39, 0.29) is 5.92 Å². The molecule has 0 bridgehead atoms. The zero-order chi connectivity index (χ0) is 18.5. The largest absolute Gasteiger partial charge is 0.493 e. The van der Waals surface area contributed by atoms with E-state index in [1.165, 1.54) is 5.56 Å². The maximum Gasteiger partial charge on any atom is 0.306 e. The Bertz CT molecular complexity index is 501. The molecule has 0 saturated heterocycles. The minimum Gasteiger partial charge on any atom is -0.493 e. The van der Waals surface area contributed by atoms with Crippen molar-refractivity contribution in [3.8, 4) is 11.5 Å². The minimum absolute atomic E-state index is 0.237. The van der Waals surface area contributed by atoms with Crippen LogP contribution in [0.15, 0.2) is 18.2 Å². The quantitative estimate of drug-likeness (QED) is 0.505. The topological polar surface area (TPSA) is 65.0 Å². The van der Waals surface area contributed by atoms with Gasteiger partial charge >= 0.3 is 5.97 Å². The summed E-state index contributed by atoms with van der Waals surface area (Å²) in [6.45, 7) is 3.06. The van der Waals surface area contributed by atoms with Crippen LogP contribution >= 0.6 is 0 Å². The van der Waals surface area contributed by atoms with E-state index in [0.29, 0.717) is 13.2 Å². The number of hydrogen-bond donors (Lipinski definition) is 1. The predicted molar refractivity (Wildman–Crippen MR) is 98.6 cm³/mol. The molecule has 1 unspecified atom stereocenters. The first-order valence-corrected chi connectivity index (χ1v) is 9.10. The molecular formula is C20H32O5. The number of unbranched alkanes of at least 4 members (excludes halogenated alkanes) is 3. The molecule has 5 heteroatoms. The van der Waals surface area contributed by atoms with Gasteiger partial charge in [-0.1, -0.05) is 32.3 Å². The van der Waals surface area contributed by atoms with Gasteiger partial charge in [0.2, 0.25) is 0 Å². The van der Waals surface area contributed by atoms with Crippen molar-refractivity contribution in [1.29, 1.82) is 0 Å². The summed E-state index contributed by atoms with van der Waals surface area (Å²) in [4.78, 5) is 10.8. The number of methoxy groups -OCH3 is 2. The Morgan fingerprint density at radius 3 is 2.48 bits per heavy atom. The van der Waals surface area contributed by atoms with Crippen molar-refractivity contribution in [3.05, 3.63) is 23.8 Å². The normalized spacial score (nSPS) is 12.0. The lowest BCUT2D eigenvalue weighted by molar-refractivity contribution is -0.141. The fourth-order valence-electron chi connectivity index (χ4n) is 2.63. The predicted octanol–water partition coefficient (Wildman–Crippen LogP) is 4.32. The summed E-state index contributed by atoms with van der Waals surface area (Å²) < 4.78 is 16.2. The highest BCUT2D eigenvalue weighted by Gasteiger charge is 2.09. The van der Waals surface area contributed by atoms with Crippen molar-refractivity contribution in [2.24, 2.45) is 5.92 Å². The number of rotatable bonds is 14. The molecule has 1 aromatic rings. The van der Waals surface area contributed by atoms with Crippen LogP contribution in [0.5, 0.6) is 11.5 Å². The van der Waals surface area contributed by atoms with Gasteiger partial charge in [0.25, 0.3) is 0 Å². The number of benzene rings is 1. The van der Waals surface area contributed by atoms with Gasteiger partial charge in [-0.2, -0.15) is 0 Å². The van der Waals surface area contributed by atoms with E-state index in [1.54, 1.807) is 21.1 Å². The zero-order valence-electron chi connectivity index (χ0n) is 15.8. The molecule has 0 saturated carbocycles. The second-order valence-electron chi connectivity index (χ2n) is 6.37.